The third kappa shape index (κ3) is 6.38. The van der Waals surface area contributed by atoms with Crippen molar-refractivity contribution in [1.82, 2.24) is 4.90 Å². The van der Waals surface area contributed by atoms with Crippen LogP contribution in [-0.4, -0.2) is 42.9 Å². The molecule has 0 fully saturated rings. The van der Waals surface area contributed by atoms with E-state index in [0.717, 1.165) is 6.54 Å². The van der Waals surface area contributed by atoms with Crippen LogP contribution < -0.4 is 0 Å². The van der Waals surface area contributed by atoms with Crippen LogP contribution in [0.25, 0.3) is 0 Å². The summed E-state index contributed by atoms with van der Waals surface area (Å²) in [4.78, 5) is 6.61. The Morgan fingerprint density at radius 1 is 1.45 bits per heavy atom. The third-order valence-electron chi connectivity index (χ3n) is 1.09. The zero-order valence-corrected chi connectivity index (χ0v) is 8.90. The highest BCUT2D eigenvalue weighted by atomic mass is 32.2. The van der Waals surface area contributed by atoms with Gasteiger partial charge in [-0.05, 0) is 34.2 Å². The lowest BCUT2D eigenvalue weighted by Crippen LogP contribution is -2.20. The smallest absolute Gasteiger partial charge is 0.0816 e. The van der Waals surface area contributed by atoms with Gasteiger partial charge in [-0.25, -0.2) is 0 Å². The minimum atomic E-state index is 0.414. The molecule has 0 bridgehead atoms. The van der Waals surface area contributed by atoms with Crippen LogP contribution in [-0.2, 0) is 0 Å². The first-order valence-corrected chi connectivity index (χ1v) is 5.04. The maximum absolute atomic E-state index is 4.47. The Labute approximate surface area is 74.1 Å². The van der Waals surface area contributed by atoms with Crippen molar-refractivity contribution in [3.63, 3.8) is 0 Å². The lowest BCUT2D eigenvalue weighted by atomic mass is 10.4. The summed E-state index contributed by atoms with van der Waals surface area (Å²) in [6, 6.07) is 0.414. The highest BCUT2D eigenvalue weighted by Crippen LogP contribution is 2.02. The standard InChI is InChI=1S/C8H18N2S/c1-7(2)9-8(11-5)6-10(3)4/h7H,6H2,1-5H3/b9-8-. The molecular formula is C8H18N2S. The molecular weight excluding hydrogens is 156 g/mol. The first-order valence-electron chi connectivity index (χ1n) is 3.81. The molecule has 0 saturated heterocycles. The van der Waals surface area contributed by atoms with Crippen molar-refractivity contribution >= 4 is 16.8 Å². The van der Waals surface area contributed by atoms with Gasteiger partial charge in [0.15, 0.2) is 0 Å². The fourth-order valence-electron chi connectivity index (χ4n) is 0.717. The van der Waals surface area contributed by atoms with Gasteiger partial charge in [0.2, 0.25) is 0 Å². The fourth-order valence-corrected chi connectivity index (χ4v) is 1.42. The van der Waals surface area contributed by atoms with Crippen LogP contribution >= 0.6 is 11.8 Å². The van der Waals surface area contributed by atoms with Crippen LogP contribution in [0.5, 0.6) is 0 Å². The summed E-state index contributed by atoms with van der Waals surface area (Å²) >= 11 is 1.73. The van der Waals surface area contributed by atoms with Gasteiger partial charge in [-0.15, -0.1) is 11.8 Å². The average Bonchev–Trinajstić information content (AvgIpc) is 1.84. The molecule has 0 aromatic rings. The maximum Gasteiger partial charge on any atom is 0.0816 e. The fraction of sp³-hybridized carbons (Fsp3) is 0.875. The van der Waals surface area contributed by atoms with Gasteiger partial charge < -0.3 is 4.90 Å². The molecule has 2 nitrogen and oxygen atoms in total. The second kappa shape index (κ2) is 5.61. The van der Waals surface area contributed by atoms with E-state index in [2.05, 4.69) is 44.1 Å². The molecule has 0 radical (unpaired) electrons. The molecule has 0 N–H and O–H groups in total. The molecule has 0 aromatic heterocycles. The Morgan fingerprint density at radius 2 is 2.00 bits per heavy atom. The van der Waals surface area contributed by atoms with E-state index < -0.39 is 0 Å². The van der Waals surface area contributed by atoms with Gasteiger partial charge in [-0.3, -0.25) is 4.99 Å². The number of hydrogen-bond donors (Lipinski definition) is 0. The van der Waals surface area contributed by atoms with E-state index in [9.17, 15) is 0 Å². The summed E-state index contributed by atoms with van der Waals surface area (Å²) in [6.45, 7) is 5.16. The summed E-state index contributed by atoms with van der Waals surface area (Å²) in [5.41, 5.74) is 0. The van der Waals surface area contributed by atoms with E-state index in [4.69, 9.17) is 0 Å². The lowest BCUT2D eigenvalue weighted by Gasteiger charge is -2.11. The third-order valence-corrected chi connectivity index (χ3v) is 1.80. The predicted octanol–water partition coefficient (Wildman–Crippen LogP) is 1.72. The molecule has 0 unspecified atom stereocenters. The summed E-state index contributed by atoms with van der Waals surface area (Å²) in [7, 11) is 4.12. The molecule has 0 aliphatic heterocycles. The van der Waals surface area contributed by atoms with Crippen LogP contribution in [0.3, 0.4) is 0 Å². The number of hydrogen-bond acceptors (Lipinski definition) is 3. The highest BCUT2D eigenvalue weighted by Gasteiger charge is 1.99. The largest absolute Gasteiger partial charge is 0.303 e. The lowest BCUT2D eigenvalue weighted by molar-refractivity contribution is 0.471. The van der Waals surface area contributed by atoms with Gasteiger partial charge in [0.05, 0.1) is 5.04 Å². The van der Waals surface area contributed by atoms with Crippen molar-refractivity contribution in [1.29, 1.82) is 0 Å². The quantitative estimate of drug-likeness (QED) is 0.478. The monoisotopic (exact) mass is 174 g/mol. The molecule has 0 aromatic carbocycles. The van der Waals surface area contributed by atoms with E-state index in [1.165, 1.54) is 5.04 Å². The molecule has 0 amide bonds. The van der Waals surface area contributed by atoms with Gasteiger partial charge in [0.1, 0.15) is 0 Å². The summed E-state index contributed by atoms with van der Waals surface area (Å²) < 4.78 is 0. The minimum Gasteiger partial charge on any atom is -0.303 e. The molecule has 0 saturated carbocycles. The Bertz CT molecular complexity index is 130. The molecule has 3 heteroatoms. The van der Waals surface area contributed by atoms with Gasteiger partial charge >= 0.3 is 0 Å². The summed E-state index contributed by atoms with van der Waals surface area (Å²) in [5, 5.41) is 1.21. The van der Waals surface area contributed by atoms with Crippen molar-refractivity contribution in [2.75, 3.05) is 26.9 Å². The molecule has 0 atom stereocenters. The first kappa shape index (κ1) is 11.0. The average molecular weight is 174 g/mol. The van der Waals surface area contributed by atoms with Gasteiger partial charge in [-0.2, -0.15) is 0 Å². The number of aliphatic imine (C=N–C) groups is 1. The number of rotatable bonds is 3. The zero-order chi connectivity index (χ0) is 8.85. The molecule has 0 rings (SSSR count). The Kier molecular flexibility index (Phi) is 5.60. The SMILES string of the molecule is CS/C(CN(C)C)=N\C(C)C. The Hall–Kier alpha value is -0.0200. The molecule has 11 heavy (non-hydrogen) atoms. The normalized spacial score (nSPS) is 13.2. The van der Waals surface area contributed by atoms with Crippen molar-refractivity contribution in [3.05, 3.63) is 0 Å². The second-order valence-corrected chi connectivity index (χ2v) is 3.94. The van der Waals surface area contributed by atoms with E-state index in [0.29, 0.717) is 6.04 Å². The molecule has 66 valence electrons. The summed E-state index contributed by atoms with van der Waals surface area (Å²) in [6.07, 6.45) is 2.07. The van der Waals surface area contributed by atoms with E-state index in [-0.39, 0.29) is 0 Å². The van der Waals surface area contributed by atoms with Crippen LogP contribution in [0.4, 0.5) is 0 Å². The van der Waals surface area contributed by atoms with Crippen molar-refractivity contribution in [3.8, 4) is 0 Å². The van der Waals surface area contributed by atoms with Crippen molar-refractivity contribution in [2.45, 2.75) is 19.9 Å². The van der Waals surface area contributed by atoms with E-state index in [1.54, 1.807) is 11.8 Å². The predicted molar refractivity (Wildman–Crippen MR) is 54.6 cm³/mol. The van der Waals surface area contributed by atoms with Gasteiger partial charge in [-0.1, -0.05) is 0 Å². The van der Waals surface area contributed by atoms with Crippen molar-refractivity contribution in [2.24, 2.45) is 4.99 Å². The van der Waals surface area contributed by atoms with Crippen LogP contribution in [0.2, 0.25) is 0 Å². The molecule has 0 aliphatic carbocycles. The van der Waals surface area contributed by atoms with E-state index in [1.807, 2.05) is 0 Å². The van der Waals surface area contributed by atoms with Crippen LogP contribution in [0.1, 0.15) is 13.8 Å². The maximum atomic E-state index is 4.47. The topological polar surface area (TPSA) is 15.6 Å². The van der Waals surface area contributed by atoms with Crippen LogP contribution in [0.15, 0.2) is 4.99 Å². The number of thioether (sulfide) groups is 1. The highest BCUT2D eigenvalue weighted by molar-refractivity contribution is 8.13. The molecule has 0 spiro atoms. The van der Waals surface area contributed by atoms with Crippen molar-refractivity contribution < 1.29 is 0 Å². The first-order chi connectivity index (χ1) is 5.06. The van der Waals surface area contributed by atoms with E-state index >= 15 is 0 Å². The Morgan fingerprint density at radius 3 is 2.27 bits per heavy atom. The number of nitrogens with zero attached hydrogens (tertiary/aromatic N) is 2. The van der Waals surface area contributed by atoms with Gasteiger partial charge in [0, 0.05) is 12.6 Å². The molecule has 0 aliphatic rings. The molecule has 0 heterocycles. The minimum absolute atomic E-state index is 0.414. The zero-order valence-electron chi connectivity index (χ0n) is 8.09. The summed E-state index contributed by atoms with van der Waals surface area (Å²) in [5.74, 6) is 0. The second-order valence-electron chi connectivity index (χ2n) is 3.06. The Balaban J connectivity index is 3.94. The van der Waals surface area contributed by atoms with Crippen LogP contribution in [0, 0.1) is 0 Å². The van der Waals surface area contributed by atoms with Gasteiger partial charge in [0.25, 0.3) is 0 Å².